The smallest absolute Gasteiger partial charge is 0.270 e. The number of nitrogens with zero attached hydrogens (tertiary/aromatic N) is 4. The van der Waals surface area contributed by atoms with Crippen LogP contribution in [0.1, 0.15) is 18.4 Å². The number of aryl methyl sites for hydroxylation is 1. The van der Waals surface area contributed by atoms with Crippen LogP contribution in [0.25, 0.3) is 0 Å². The number of aromatic nitrogens is 5. The van der Waals surface area contributed by atoms with Crippen molar-refractivity contribution in [3.8, 4) is 0 Å². The van der Waals surface area contributed by atoms with E-state index >= 15 is 0 Å². The highest BCUT2D eigenvalue weighted by atomic mass is 35.5. The van der Waals surface area contributed by atoms with E-state index in [0.717, 1.165) is 5.69 Å². The zero-order valence-corrected chi connectivity index (χ0v) is 11.5. The highest BCUT2D eigenvalue weighted by Gasteiger charge is 2.09. The van der Waals surface area contributed by atoms with E-state index < -0.39 is 0 Å². The summed E-state index contributed by atoms with van der Waals surface area (Å²) >= 11 is 7.26. The van der Waals surface area contributed by atoms with E-state index in [2.05, 4.69) is 20.2 Å². The van der Waals surface area contributed by atoms with Gasteiger partial charge >= 0.3 is 5.69 Å². The van der Waals surface area contributed by atoms with Crippen LogP contribution in [0, 0.1) is 6.92 Å². The van der Waals surface area contributed by atoms with Crippen LogP contribution in [-0.2, 0) is 12.3 Å². The predicted octanol–water partition coefficient (Wildman–Crippen LogP) is 1.64. The lowest BCUT2D eigenvalue weighted by molar-refractivity contribution is 0.660. The van der Waals surface area contributed by atoms with Crippen molar-refractivity contribution in [2.24, 2.45) is 0 Å². The van der Waals surface area contributed by atoms with Crippen molar-refractivity contribution in [2.75, 3.05) is 0 Å². The van der Waals surface area contributed by atoms with E-state index in [4.69, 9.17) is 11.6 Å². The molecular formula is C10H12ClN5OS. The van der Waals surface area contributed by atoms with Crippen LogP contribution in [0.3, 0.4) is 0 Å². The van der Waals surface area contributed by atoms with Gasteiger partial charge in [0.1, 0.15) is 11.0 Å². The van der Waals surface area contributed by atoms with Gasteiger partial charge in [0.05, 0.1) is 5.75 Å². The first kappa shape index (κ1) is 13.1. The van der Waals surface area contributed by atoms with Gasteiger partial charge in [-0.25, -0.2) is 19.9 Å². The monoisotopic (exact) mass is 285 g/mol. The summed E-state index contributed by atoms with van der Waals surface area (Å²) in [5, 5.41) is 7.42. The summed E-state index contributed by atoms with van der Waals surface area (Å²) in [7, 11) is 0. The Morgan fingerprint density at radius 2 is 2.28 bits per heavy atom. The second kappa shape index (κ2) is 5.53. The first-order valence-corrected chi connectivity index (χ1v) is 6.74. The summed E-state index contributed by atoms with van der Waals surface area (Å²) in [6.45, 7) is 4.33. The largest absolute Gasteiger partial charge is 0.343 e. The van der Waals surface area contributed by atoms with Crippen molar-refractivity contribution in [3.63, 3.8) is 0 Å². The summed E-state index contributed by atoms with van der Waals surface area (Å²) in [5.41, 5.74) is 0.615. The molecule has 2 aromatic rings. The second-order valence-corrected chi connectivity index (χ2v) is 4.92. The van der Waals surface area contributed by atoms with Crippen molar-refractivity contribution in [1.29, 1.82) is 0 Å². The van der Waals surface area contributed by atoms with Crippen LogP contribution in [0.2, 0.25) is 5.15 Å². The maximum Gasteiger partial charge on any atom is 0.343 e. The first-order chi connectivity index (χ1) is 8.60. The molecule has 0 bridgehead atoms. The summed E-state index contributed by atoms with van der Waals surface area (Å²) in [4.78, 5) is 19.8. The number of hydrogen-bond acceptors (Lipinski definition) is 5. The van der Waals surface area contributed by atoms with Gasteiger partial charge in [-0.1, -0.05) is 23.4 Å². The van der Waals surface area contributed by atoms with E-state index in [-0.39, 0.29) is 5.69 Å². The van der Waals surface area contributed by atoms with E-state index in [9.17, 15) is 4.79 Å². The Bertz CT molecular complexity index is 588. The third-order valence-electron chi connectivity index (χ3n) is 2.24. The molecule has 18 heavy (non-hydrogen) atoms. The Kier molecular flexibility index (Phi) is 4.03. The minimum absolute atomic E-state index is 0.205. The molecule has 0 unspecified atom stereocenters. The van der Waals surface area contributed by atoms with Gasteiger partial charge in [0.15, 0.2) is 5.16 Å². The van der Waals surface area contributed by atoms with Crippen LogP contribution in [-0.4, -0.2) is 24.7 Å². The molecule has 0 spiro atoms. The van der Waals surface area contributed by atoms with Gasteiger partial charge in [-0.2, -0.15) is 0 Å². The fraction of sp³-hybridized carbons (Fsp3) is 0.400. The van der Waals surface area contributed by atoms with Crippen LogP contribution in [0.15, 0.2) is 16.0 Å². The molecule has 0 saturated heterocycles. The Hall–Kier alpha value is -1.34. The van der Waals surface area contributed by atoms with E-state index in [1.165, 1.54) is 11.8 Å². The summed E-state index contributed by atoms with van der Waals surface area (Å²) in [6, 6.07) is 1.70. The molecule has 0 saturated carbocycles. The molecule has 0 radical (unpaired) electrons. The van der Waals surface area contributed by atoms with Crippen LogP contribution < -0.4 is 5.69 Å². The molecule has 2 rings (SSSR count). The molecule has 0 fully saturated rings. The molecule has 0 aromatic carbocycles. The molecule has 2 heterocycles. The molecule has 0 aliphatic rings. The molecule has 2 aromatic heterocycles. The molecule has 96 valence electrons. The van der Waals surface area contributed by atoms with Gasteiger partial charge in [0.25, 0.3) is 0 Å². The zero-order chi connectivity index (χ0) is 13.1. The Labute approximate surface area is 113 Å². The van der Waals surface area contributed by atoms with Crippen molar-refractivity contribution >= 4 is 23.4 Å². The van der Waals surface area contributed by atoms with Gasteiger partial charge in [0.2, 0.25) is 0 Å². The maximum absolute atomic E-state index is 11.4. The molecule has 0 aliphatic carbocycles. The lowest BCUT2D eigenvalue weighted by Crippen LogP contribution is -2.16. The number of rotatable bonds is 4. The fourth-order valence-corrected chi connectivity index (χ4v) is 2.60. The lowest BCUT2D eigenvalue weighted by Gasteiger charge is -2.02. The molecule has 6 nitrogen and oxygen atoms in total. The van der Waals surface area contributed by atoms with Crippen molar-refractivity contribution in [1.82, 2.24) is 24.7 Å². The summed E-state index contributed by atoms with van der Waals surface area (Å²) in [6.07, 6.45) is 0. The summed E-state index contributed by atoms with van der Waals surface area (Å²) in [5.74, 6) is 1.15. The van der Waals surface area contributed by atoms with Gasteiger partial charge in [-0.05, 0) is 19.9 Å². The number of thioether (sulfide) groups is 1. The van der Waals surface area contributed by atoms with Gasteiger partial charge in [-0.3, -0.25) is 4.57 Å². The zero-order valence-electron chi connectivity index (χ0n) is 9.97. The van der Waals surface area contributed by atoms with E-state index in [1.807, 2.05) is 13.8 Å². The normalized spacial score (nSPS) is 10.8. The fourth-order valence-electron chi connectivity index (χ4n) is 1.47. The van der Waals surface area contributed by atoms with Crippen LogP contribution in [0.5, 0.6) is 0 Å². The topological polar surface area (TPSA) is 76.5 Å². The number of H-pyrrole nitrogens is 1. The van der Waals surface area contributed by atoms with Gasteiger partial charge in [0, 0.05) is 12.2 Å². The standard InChI is InChI=1S/C10H12ClN5OS/c1-3-16-9(17)14-15-10(16)18-5-8-12-6(2)4-7(11)13-8/h4H,3,5H2,1-2H3,(H,14,17). The number of hydrogen-bond donors (Lipinski definition) is 1. The number of aromatic amines is 1. The second-order valence-electron chi connectivity index (χ2n) is 3.59. The number of nitrogens with one attached hydrogen (secondary N) is 1. The minimum Gasteiger partial charge on any atom is -0.270 e. The van der Waals surface area contributed by atoms with Crippen molar-refractivity contribution < 1.29 is 0 Å². The van der Waals surface area contributed by atoms with E-state index in [1.54, 1.807) is 10.6 Å². The first-order valence-electron chi connectivity index (χ1n) is 5.38. The molecule has 8 heteroatoms. The van der Waals surface area contributed by atoms with Crippen LogP contribution in [0.4, 0.5) is 0 Å². The predicted molar refractivity (Wildman–Crippen MR) is 69.9 cm³/mol. The third kappa shape index (κ3) is 2.91. The highest BCUT2D eigenvalue weighted by Crippen LogP contribution is 2.18. The molecular weight excluding hydrogens is 274 g/mol. The van der Waals surface area contributed by atoms with Gasteiger partial charge < -0.3 is 0 Å². The van der Waals surface area contributed by atoms with E-state index in [0.29, 0.717) is 28.4 Å². The average molecular weight is 286 g/mol. The Morgan fingerprint density at radius 3 is 2.94 bits per heavy atom. The molecule has 1 N–H and O–H groups in total. The molecule has 0 amide bonds. The van der Waals surface area contributed by atoms with Crippen molar-refractivity contribution in [2.45, 2.75) is 31.3 Å². The lowest BCUT2D eigenvalue weighted by atomic mass is 10.4. The molecule has 0 atom stereocenters. The highest BCUT2D eigenvalue weighted by molar-refractivity contribution is 7.98. The molecule has 0 aliphatic heterocycles. The van der Waals surface area contributed by atoms with Gasteiger partial charge in [-0.15, -0.1) is 5.10 Å². The third-order valence-corrected chi connectivity index (χ3v) is 3.41. The number of halogens is 1. The van der Waals surface area contributed by atoms with Crippen molar-refractivity contribution in [3.05, 3.63) is 33.2 Å². The quantitative estimate of drug-likeness (QED) is 0.682. The Morgan fingerprint density at radius 1 is 1.50 bits per heavy atom. The minimum atomic E-state index is -0.205. The van der Waals surface area contributed by atoms with Crippen LogP contribution >= 0.6 is 23.4 Å². The average Bonchev–Trinajstić information content (AvgIpc) is 2.66. The Balaban J connectivity index is 2.13. The summed E-state index contributed by atoms with van der Waals surface area (Å²) < 4.78 is 1.56. The maximum atomic E-state index is 11.4. The SMILES string of the molecule is CCn1c(SCc2nc(C)cc(Cl)n2)n[nH]c1=O.